The molecule has 0 bridgehead atoms. The minimum Gasteiger partial charge on any atom is -0.388 e. The Kier molecular flexibility index (Phi) is 2.27. The van der Waals surface area contributed by atoms with Crippen molar-refractivity contribution >= 4 is 5.78 Å². The second-order valence-corrected chi connectivity index (χ2v) is 2.94. The molecule has 0 radical (unpaired) electrons. The number of carbonyl (C=O) groups is 1. The van der Waals surface area contributed by atoms with E-state index in [4.69, 9.17) is 14.6 Å². The molecule has 0 aromatic carbocycles. The lowest BCUT2D eigenvalue weighted by atomic mass is 10.2. The van der Waals surface area contributed by atoms with Gasteiger partial charge in [-0.25, -0.2) is 0 Å². The van der Waals surface area contributed by atoms with Gasteiger partial charge in [-0.1, -0.05) is 0 Å². The predicted molar refractivity (Wildman–Crippen MR) is 37.0 cm³/mol. The first-order valence-corrected chi connectivity index (χ1v) is 3.50. The van der Waals surface area contributed by atoms with Crippen LogP contribution < -0.4 is 0 Å². The molecule has 1 rings (SSSR count). The maximum absolute atomic E-state index is 10.8. The zero-order valence-corrected chi connectivity index (χ0v) is 6.66. The highest BCUT2D eigenvalue weighted by Gasteiger charge is 2.36. The van der Waals surface area contributed by atoms with E-state index in [0.717, 1.165) is 0 Å². The highest BCUT2D eigenvalue weighted by molar-refractivity contribution is 5.84. The molecule has 1 N–H and O–H groups in total. The van der Waals surface area contributed by atoms with Crippen LogP contribution in [0.5, 0.6) is 0 Å². The second-order valence-electron chi connectivity index (χ2n) is 2.94. The molecule has 11 heavy (non-hydrogen) atoms. The number of rotatable bonds is 2. The molecule has 1 aliphatic rings. The van der Waals surface area contributed by atoms with Crippen LogP contribution in [0.25, 0.3) is 0 Å². The van der Waals surface area contributed by atoms with E-state index in [1.807, 2.05) is 0 Å². The summed E-state index contributed by atoms with van der Waals surface area (Å²) < 4.78 is 10.3. The van der Waals surface area contributed by atoms with E-state index in [0.29, 0.717) is 0 Å². The van der Waals surface area contributed by atoms with Crippen molar-refractivity contribution in [2.75, 3.05) is 13.2 Å². The van der Waals surface area contributed by atoms with Crippen LogP contribution in [0.2, 0.25) is 0 Å². The fraction of sp³-hybridized carbons (Fsp3) is 0.857. The SMILES string of the molecule is CC1(C)OCC(C(=O)CO)O1. The van der Waals surface area contributed by atoms with Gasteiger partial charge in [0.25, 0.3) is 0 Å². The number of hydrogen-bond acceptors (Lipinski definition) is 4. The average molecular weight is 160 g/mol. The summed E-state index contributed by atoms with van der Waals surface area (Å²) in [5.41, 5.74) is 0. The number of ketones is 1. The van der Waals surface area contributed by atoms with Gasteiger partial charge in [0.2, 0.25) is 0 Å². The molecular weight excluding hydrogens is 148 g/mol. The molecule has 1 fully saturated rings. The number of hydrogen-bond donors (Lipinski definition) is 1. The number of ether oxygens (including phenoxy) is 2. The molecule has 0 spiro atoms. The standard InChI is InChI=1S/C7H12O4/c1-7(2)10-4-6(11-7)5(9)3-8/h6,8H,3-4H2,1-2H3. The van der Waals surface area contributed by atoms with Crippen LogP contribution in [0, 0.1) is 0 Å². The first kappa shape index (κ1) is 8.64. The molecule has 1 saturated heterocycles. The summed E-state index contributed by atoms with van der Waals surface area (Å²) in [6.45, 7) is 3.23. The van der Waals surface area contributed by atoms with E-state index in [1.165, 1.54) is 0 Å². The van der Waals surface area contributed by atoms with Gasteiger partial charge in [0.05, 0.1) is 6.61 Å². The summed E-state index contributed by atoms with van der Waals surface area (Å²) in [5, 5.41) is 8.48. The lowest BCUT2D eigenvalue weighted by Crippen LogP contribution is -2.28. The molecule has 0 aromatic heterocycles. The highest BCUT2D eigenvalue weighted by Crippen LogP contribution is 2.22. The summed E-state index contributed by atoms with van der Waals surface area (Å²) in [6, 6.07) is 0. The Morgan fingerprint density at radius 2 is 2.36 bits per heavy atom. The normalized spacial score (nSPS) is 28.8. The molecule has 0 aromatic rings. The summed E-state index contributed by atoms with van der Waals surface area (Å²) in [6.07, 6.45) is -0.588. The largest absolute Gasteiger partial charge is 0.388 e. The van der Waals surface area contributed by atoms with Crippen LogP contribution in [0.15, 0.2) is 0 Å². The third-order valence-corrected chi connectivity index (χ3v) is 1.52. The molecule has 0 aliphatic carbocycles. The van der Waals surface area contributed by atoms with E-state index in [1.54, 1.807) is 13.8 Å². The minimum absolute atomic E-state index is 0.242. The lowest BCUT2D eigenvalue weighted by Gasteiger charge is -2.15. The van der Waals surface area contributed by atoms with E-state index in [9.17, 15) is 4.79 Å². The lowest BCUT2D eigenvalue weighted by molar-refractivity contribution is -0.153. The van der Waals surface area contributed by atoms with Crippen molar-refractivity contribution in [3.05, 3.63) is 0 Å². The zero-order valence-electron chi connectivity index (χ0n) is 6.66. The van der Waals surface area contributed by atoms with Gasteiger partial charge in [0.1, 0.15) is 12.7 Å². The number of Topliss-reactive ketones (excluding diaryl/α,β-unsaturated/α-hetero) is 1. The number of carbonyl (C=O) groups excluding carboxylic acids is 1. The van der Waals surface area contributed by atoms with Crippen molar-refractivity contribution in [2.24, 2.45) is 0 Å². The van der Waals surface area contributed by atoms with Crippen molar-refractivity contribution in [3.63, 3.8) is 0 Å². The minimum atomic E-state index is -0.685. The maximum Gasteiger partial charge on any atom is 0.189 e. The first-order valence-electron chi connectivity index (χ1n) is 3.50. The number of aliphatic hydroxyl groups excluding tert-OH is 1. The highest BCUT2D eigenvalue weighted by atomic mass is 16.7. The van der Waals surface area contributed by atoms with Crippen LogP contribution in [0.1, 0.15) is 13.8 Å². The van der Waals surface area contributed by atoms with Crippen LogP contribution in [0.3, 0.4) is 0 Å². The third-order valence-electron chi connectivity index (χ3n) is 1.52. The van der Waals surface area contributed by atoms with Crippen molar-refractivity contribution < 1.29 is 19.4 Å². The Labute approximate surface area is 65.1 Å². The molecule has 4 nitrogen and oxygen atoms in total. The van der Waals surface area contributed by atoms with Crippen LogP contribution in [0.4, 0.5) is 0 Å². The fourth-order valence-corrected chi connectivity index (χ4v) is 0.947. The van der Waals surface area contributed by atoms with Crippen LogP contribution in [-0.2, 0) is 14.3 Å². The van der Waals surface area contributed by atoms with Gasteiger partial charge >= 0.3 is 0 Å². The van der Waals surface area contributed by atoms with Gasteiger partial charge in [-0.05, 0) is 13.8 Å². The third kappa shape index (κ3) is 1.99. The van der Waals surface area contributed by atoms with Gasteiger partial charge in [-0.3, -0.25) is 4.79 Å². The summed E-state index contributed by atoms with van der Waals surface area (Å²) in [5.74, 6) is -1.01. The molecule has 0 amide bonds. The van der Waals surface area contributed by atoms with Gasteiger partial charge in [-0.15, -0.1) is 0 Å². The maximum atomic E-state index is 10.8. The van der Waals surface area contributed by atoms with Gasteiger partial charge < -0.3 is 14.6 Å². The molecule has 4 heteroatoms. The zero-order chi connectivity index (χ0) is 8.48. The molecule has 1 aliphatic heterocycles. The van der Waals surface area contributed by atoms with E-state index < -0.39 is 18.5 Å². The van der Waals surface area contributed by atoms with Gasteiger partial charge in [0.15, 0.2) is 11.6 Å². The Balaban J connectivity index is 2.48. The monoisotopic (exact) mass is 160 g/mol. The van der Waals surface area contributed by atoms with Gasteiger partial charge in [-0.2, -0.15) is 0 Å². The van der Waals surface area contributed by atoms with E-state index >= 15 is 0 Å². The summed E-state index contributed by atoms with van der Waals surface area (Å²) >= 11 is 0. The topological polar surface area (TPSA) is 55.8 Å². The van der Waals surface area contributed by atoms with E-state index in [2.05, 4.69) is 0 Å². The van der Waals surface area contributed by atoms with Crippen molar-refractivity contribution in [1.29, 1.82) is 0 Å². The Hall–Kier alpha value is -0.450. The fourth-order valence-electron chi connectivity index (χ4n) is 0.947. The smallest absolute Gasteiger partial charge is 0.189 e. The van der Waals surface area contributed by atoms with Crippen molar-refractivity contribution in [1.82, 2.24) is 0 Å². The van der Waals surface area contributed by atoms with Crippen LogP contribution >= 0.6 is 0 Å². The van der Waals surface area contributed by atoms with Crippen LogP contribution in [-0.4, -0.2) is 36.0 Å². The molecule has 0 saturated carbocycles. The molecule has 1 heterocycles. The quantitative estimate of drug-likeness (QED) is 0.602. The molecule has 1 unspecified atom stereocenters. The van der Waals surface area contributed by atoms with Gasteiger partial charge in [0, 0.05) is 0 Å². The Morgan fingerprint density at radius 3 is 2.73 bits per heavy atom. The van der Waals surface area contributed by atoms with Crippen molar-refractivity contribution in [2.45, 2.75) is 25.7 Å². The molecule has 1 atom stereocenters. The molecule has 64 valence electrons. The second kappa shape index (κ2) is 2.89. The summed E-state index contributed by atoms with van der Waals surface area (Å²) in [7, 11) is 0. The number of aliphatic hydroxyl groups is 1. The van der Waals surface area contributed by atoms with Crippen molar-refractivity contribution in [3.8, 4) is 0 Å². The Bertz CT molecular complexity index is 164. The summed E-state index contributed by atoms with van der Waals surface area (Å²) in [4.78, 5) is 10.8. The van der Waals surface area contributed by atoms with E-state index in [-0.39, 0.29) is 12.4 Å². The predicted octanol–water partition coefficient (Wildman–Crippen LogP) is -0.301. The average Bonchev–Trinajstić information content (AvgIpc) is 2.29. The Morgan fingerprint density at radius 1 is 1.73 bits per heavy atom. The molecular formula is C7H12O4. The first-order chi connectivity index (χ1) is 5.05.